The molecular weight excluding hydrogens is 260 g/mol. The van der Waals surface area contributed by atoms with E-state index in [4.69, 9.17) is 5.73 Å². The van der Waals surface area contributed by atoms with Crippen LogP contribution in [0.3, 0.4) is 0 Å². The van der Waals surface area contributed by atoms with Gasteiger partial charge in [-0.25, -0.2) is 17.2 Å². The van der Waals surface area contributed by atoms with Gasteiger partial charge in [-0.3, -0.25) is 0 Å². The van der Waals surface area contributed by atoms with Crippen LogP contribution in [0.4, 0.5) is 8.78 Å². The minimum atomic E-state index is -3.33. The van der Waals surface area contributed by atoms with Crippen LogP contribution in [-0.4, -0.2) is 19.9 Å². The second-order valence-electron chi connectivity index (χ2n) is 4.24. The van der Waals surface area contributed by atoms with Gasteiger partial charge in [0, 0.05) is 11.6 Å². The first kappa shape index (κ1) is 15.0. The third-order valence-corrected chi connectivity index (χ3v) is 4.38. The van der Waals surface area contributed by atoms with Crippen molar-refractivity contribution in [3.63, 3.8) is 0 Å². The Bertz CT molecular complexity index is 503. The normalized spacial score (nSPS) is 13.6. The molecule has 0 fully saturated rings. The lowest BCUT2D eigenvalue weighted by Crippen LogP contribution is -2.24. The summed E-state index contributed by atoms with van der Waals surface area (Å²) in [6.07, 6.45) is 1.30. The van der Waals surface area contributed by atoms with Crippen LogP contribution in [0.15, 0.2) is 18.2 Å². The lowest BCUT2D eigenvalue weighted by atomic mass is 10.1. The average molecular weight is 277 g/mol. The summed E-state index contributed by atoms with van der Waals surface area (Å²) < 4.78 is 49.7. The molecule has 102 valence electrons. The number of hydrogen-bond donors (Lipinski definition) is 1. The summed E-state index contributed by atoms with van der Waals surface area (Å²) in [5.74, 6) is -1.66. The highest BCUT2D eigenvalue weighted by Gasteiger charge is 2.20. The van der Waals surface area contributed by atoms with E-state index in [2.05, 4.69) is 0 Å². The fourth-order valence-corrected chi connectivity index (χ4v) is 3.23. The molecule has 0 aliphatic carbocycles. The van der Waals surface area contributed by atoms with Crippen molar-refractivity contribution in [3.8, 4) is 0 Å². The third-order valence-electron chi connectivity index (χ3n) is 2.60. The van der Waals surface area contributed by atoms with Crippen molar-refractivity contribution in [1.29, 1.82) is 0 Å². The molecule has 0 saturated heterocycles. The van der Waals surface area contributed by atoms with Gasteiger partial charge in [0.1, 0.15) is 11.6 Å². The number of halogens is 2. The van der Waals surface area contributed by atoms with Crippen LogP contribution in [-0.2, 0) is 9.84 Å². The second kappa shape index (κ2) is 6.24. The van der Waals surface area contributed by atoms with Crippen LogP contribution < -0.4 is 5.73 Å². The van der Waals surface area contributed by atoms with Crippen molar-refractivity contribution in [1.82, 2.24) is 0 Å². The second-order valence-corrected chi connectivity index (χ2v) is 6.47. The van der Waals surface area contributed by atoms with Crippen LogP contribution in [0.25, 0.3) is 0 Å². The van der Waals surface area contributed by atoms with Crippen molar-refractivity contribution < 1.29 is 17.2 Å². The molecule has 0 aliphatic rings. The van der Waals surface area contributed by atoms with Gasteiger partial charge in [-0.15, -0.1) is 0 Å². The topological polar surface area (TPSA) is 60.2 Å². The largest absolute Gasteiger partial charge is 0.323 e. The number of hydrogen-bond acceptors (Lipinski definition) is 3. The van der Waals surface area contributed by atoms with E-state index >= 15 is 0 Å². The first-order valence-corrected chi connectivity index (χ1v) is 7.59. The molecule has 1 rings (SSSR count). The summed E-state index contributed by atoms with van der Waals surface area (Å²) in [7, 11) is -3.33. The maximum atomic E-state index is 13.4. The monoisotopic (exact) mass is 277 g/mol. The Kier molecular flexibility index (Phi) is 5.22. The van der Waals surface area contributed by atoms with E-state index in [9.17, 15) is 17.2 Å². The fourth-order valence-electron chi connectivity index (χ4n) is 1.61. The predicted molar refractivity (Wildman–Crippen MR) is 66.8 cm³/mol. The lowest BCUT2D eigenvalue weighted by molar-refractivity contribution is 0.561. The maximum Gasteiger partial charge on any atom is 0.152 e. The van der Waals surface area contributed by atoms with Crippen molar-refractivity contribution in [3.05, 3.63) is 35.4 Å². The zero-order valence-electron chi connectivity index (χ0n) is 10.2. The molecule has 3 nitrogen and oxygen atoms in total. The highest BCUT2D eigenvalue weighted by Crippen LogP contribution is 2.18. The van der Waals surface area contributed by atoms with Crippen molar-refractivity contribution in [2.24, 2.45) is 5.73 Å². The maximum absolute atomic E-state index is 13.4. The first-order chi connectivity index (χ1) is 8.35. The number of nitrogens with two attached hydrogens (primary N) is 1. The molecule has 1 aromatic carbocycles. The zero-order chi connectivity index (χ0) is 13.8. The highest BCUT2D eigenvalue weighted by molar-refractivity contribution is 7.91. The molecule has 0 bridgehead atoms. The van der Waals surface area contributed by atoms with Gasteiger partial charge in [0.2, 0.25) is 0 Å². The molecule has 0 spiro atoms. The van der Waals surface area contributed by atoms with Gasteiger partial charge < -0.3 is 5.73 Å². The Morgan fingerprint density at radius 3 is 2.61 bits per heavy atom. The molecule has 1 aromatic rings. The highest BCUT2D eigenvalue weighted by atomic mass is 32.2. The lowest BCUT2D eigenvalue weighted by Gasteiger charge is -2.13. The van der Waals surface area contributed by atoms with E-state index in [1.807, 2.05) is 6.92 Å². The summed E-state index contributed by atoms with van der Waals surface area (Å²) in [5.41, 5.74) is 5.53. The summed E-state index contributed by atoms with van der Waals surface area (Å²) >= 11 is 0. The van der Waals surface area contributed by atoms with Crippen LogP contribution >= 0.6 is 0 Å². The molecule has 0 radical (unpaired) electrons. The third kappa shape index (κ3) is 4.34. The van der Waals surface area contributed by atoms with Gasteiger partial charge in [0.25, 0.3) is 0 Å². The molecule has 0 amide bonds. The summed E-state index contributed by atoms with van der Waals surface area (Å²) in [4.78, 5) is 0. The number of unbranched alkanes of at least 4 members (excludes halogenated alkanes) is 1. The summed E-state index contributed by atoms with van der Waals surface area (Å²) in [6, 6.07) is 1.82. The van der Waals surface area contributed by atoms with Crippen LogP contribution in [0.5, 0.6) is 0 Å². The molecule has 2 N–H and O–H groups in total. The Morgan fingerprint density at radius 2 is 2.00 bits per heavy atom. The molecule has 1 unspecified atom stereocenters. The van der Waals surface area contributed by atoms with Gasteiger partial charge in [-0.1, -0.05) is 13.3 Å². The fraction of sp³-hybridized carbons (Fsp3) is 0.500. The van der Waals surface area contributed by atoms with Crippen LogP contribution in [0.1, 0.15) is 31.4 Å². The SMILES string of the molecule is CCCCS(=O)(=O)CC(N)c1cc(F)ccc1F. The minimum Gasteiger partial charge on any atom is -0.323 e. The molecule has 0 heterocycles. The Hall–Kier alpha value is -1.01. The minimum absolute atomic E-state index is 0.0220. The van der Waals surface area contributed by atoms with E-state index in [0.29, 0.717) is 6.42 Å². The van der Waals surface area contributed by atoms with Crippen LogP contribution in [0, 0.1) is 11.6 Å². The molecule has 6 heteroatoms. The van der Waals surface area contributed by atoms with E-state index in [1.54, 1.807) is 0 Å². The van der Waals surface area contributed by atoms with Crippen molar-refractivity contribution in [2.45, 2.75) is 25.8 Å². The van der Waals surface area contributed by atoms with E-state index < -0.39 is 27.5 Å². The Balaban J connectivity index is 2.82. The summed E-state index contributed by atoms with van der Waals surface area (Å²) in [5, 5.41) is 0. The van der Waals surface area contributed by atoms with Gasteiger partial charge in [-0.05, 0) is 24.6 Å². The van der Waals surface area contributed by atoms with E-state index in [1.165, 1.54) is 0 Å². The predicted octanol–water partition coefficient (Wildman–Crippen LogP) is 2.18. The Labute approximate surface area is 106 Å². The molecule has 0 aliphatic heterocycles. The quantitative estimate of drug-likeness (QED) is 0.867. The molecule has 0 saturated carbocycles. The number of sulfone groups is 1. The van der Waals surface area contributed by atoms with Gasteiger partial charge >= 0.3 is 0 Å². The molecule has 1 atom stereocenters. The van der Waals surface area contributed by atoms with Gasteiger partial charge in [0.05, 0.1) is 11.5 Å². The smallest absolute Gasteiger partial charge is 0.152 e. The molecule has 0 aromatic heterocycles. The first-order valence-electron chi connectivity index (χ1n) is 5.76. The standard InChI is InChI=1S/C12H17F2NO2S/c1-2-3-6-18(16,17)8-12(15)10-7-9(13)4-5-11(10)14/h4-5,7,12H,2-3,6,8,15H2,1H3. The van der Waals surface area contributed by atoms with Crippen molar-refractivity contribution >= 4 is 9.84 Å². The summed E-state index contributed by atoms with van der Waals surface area (Å²) in [6.45, 7) is 1.88. The molecule has 18 heavy (non-hydrogen) atoms. The Morgan fingerprint density at radius 1 is 1.33 bits per heavy atom. The van der Waals surface area contributed by atoms with Crippen LogP contribution in [0.2, 0.25) is 0 Å². The van der Waals surface area contributed by atoms with E-state index in [0.717, 1.165) is 24.6 Å². The average Bonchev–Trinajstić information content (AvgIpc) is 2.29. The van der Waals surface area contributed by atoms with Crippen molar-refractivity contribution in [2.75, 3.05) is 11.5 Å². The zero-order valence-corrected chi connectivity index (χ0v) is 11.0. The van der Waals surface area contributed by atoms with Gasteiger partial charge in [0.15, 0.2) is 9.84 Å². The molecular formula is C12H17F2NO2S. The number of benzene rings is 1. The van der Waals surface area contributed by atoms with Gasteiger partial charge in [-0.2, -0.15) is 0 Å². The number of rotatable bonds is 6. The van der Waals surface area contributed by atoms with E-state index in [-0.39, 0.29) is 17.1 Å².